The molecule has 31 heavy (non-hydrogen) atoms. The van der Waals surface area contributed by atoms with E-state index in [1.54, 1.807) is 12.1 Å². The number of nitrogen functional groups attached to an aromatic ring is 1. The Morgan fingerprint density at radius 3 is 1.68 bits per heavy atom. The molecule has 0 amide bonds. The Labute approximate surface area is 178 Å². The van der Waals surface area contributed by atoms with E-state index in [2.05, 4.69) is 24.3 Å². The summed E-state index contributed by atoms with van der Waals surface area (Å²) in [4.78, 5) is 0. The predicted molar refractivity (Wildman–Crippen MR) is 116 cm³/mol. The highest BCUT2D eigenvalue weighted by atomic mass is 19.4. The molecule has 0 fully saturated rings. The molecule has 0 radical (unpaired) electrons. The van der Waals surface area contributed by atoms with Crippen LogP contribution in [0.4, 0.5) is 18.9 Å². The van der Waals surface area contributed by atoms with Crippen molar-refractivity contribution >= 4 is 5.69 Å². The van der Waals surface area contributed by atoms with E-state index in [1.165, 1.54) is 12.1 Å². The molecule has 5 heteroatoms. The smallest absolute Gasteiger partial charge is 0.420 e. The van der Waals surface area contributed by atoms with Crippen LogP contribution in [0.15, 0.2) is 103 Å². The summed E-state index contributed by atoms with van der Waals surface area (Å²) in [6.45, 7) is 0. The molecular weight excluding hydrogens is 399 g/mol. The summed E-state index contributed by atoms with van der Waals surface area (Å²) in [6.07, 6.45) is -4.56. The monoisotopic (exact) mass is 419 g/mol. The number of alkyl halides is 3. The quantitative estimate of drug-likeness (QED) is 0.273. The van der Waals surface area contributed by atoms with Crippen LogP contribution in [0.25, 0.3) is 0 Å². The fraction of sp³-hybridized carbons (Fsp3) is 0.0769. The first-order chi connectivity index (χ1) is 14.9. The summed E-state index contributed by atoms with van der Waals surface area (Å²) in [6, 6.07) is 30.8. The van der Waals surface area contributed by atoms with Crippen molar-refractivity contribution in [1.82, 2.24) is 0 Å². The molecule has 0 unspecified atom stereocenters. The standard InChI is InChI=1S/C26H20F3NO/c27-26(28,29)23-17-21(30)13-16-24(23)31-22-14-11-20(12-15-22)25(18-7-3-1-4-8-18)19-9-5-2-6-10-19/h1-17,25H,30H2. The van der Waals surface area contributed by atoms with Crippen LogP contribution in [0.2, 0.25) is 0 Å². The molecule has 0 aliphatic heterocycles. The van der Waals surface area contributed by atoms with Gasteiger partial charge >= 0.3 is 6.18 Å². The van der Waals surface area contributed by atoms with E-state index in [1.807, 2.05) is 48.5 Å². The van der Waals surface area contributed by atoms with Gasteiger partial charge in [0.2, 0.25) is 0 Å². The fourth-order valence-corrected chi connectivity index (χ4v) is 3.58. The number of anilines is 1. The maximum absolute atomic E-state index is 13.3. The minimum Gasteiger partial charge on any atom is -0.457 e. The van der Waals surface area contributed by atoms with Crippen LogP contribution < -0.4 is 10.5 Å². The average Bonchev–Trinajstić information content (AvgIpc) is 2.77. The van der Waals surface area contributed by atoms with E-state index in [0.29, 0.717) is 5.75 Å². The topological polar surface area (TPSA) is 35.2 Å². The Morgan fingerprint density at radius 2 is 1.16 bits per heavy atom. The molecule has 0 heterocycles. The van der Waals surface area contributed by atoms with E-state index < -0.39 is 11.7 Å². The van der Waals surface area contributed by atoms with Crippen molar-refractivity contribution in [2.24, 2.45) is 0 Å². The van der Waals surface area contributed by atoms with E-state index in [9.17, 15) is 13.2 Å². The van der Waals surface area contributed by atoms with E-state index in [-0.39, 0.29) is 17.4 Å². The predicted octanol–water partition coefficient (Wildman–Crippen LogP) is 7.26. The summed E-state index contributed by atoms with van der Waals surface area (Å²) < 4.78 is 45.6. The Balaban J connectivity index is 1.66. The molecular formula is C26H20F3NO. The van der Waals surface area contributed by atoms with Crippen LogP contribution >= 0.6 is 0 Å². The second-order valence-corrected chi connectivity index (χ2v) is 7.18. The Bertz CT molecular complexity index is 1100. The van der Waals surface area contributed by atoms with Gasteiger partial charge in [-0.05, 0) is 47.0 Å². The number of halogens is 3. The van der Waals surface area contributed by atoms with Crippen LogP contribution in [0, 0.1) is 0 Å². The van der Waals surface area contributed by atoms with E-state index in [4.69, 9.17) is 10.5 Å². The lowest BCUT2D eigenvalue weighted by molar-refractivity contribution is -0.138. The van der Waals surface area contributed by atoms with Gasteiger partial charge in [-0.2, -0.15) is 13.2 Å². The largest absolute Gasteiger partial charge is 0.457 e. The molecule has 2 nitrogen and oxygen atoms in total. The lowest BCUT2D eigenvalue weighted by Crippen LogP contribution is -2.08. The van der Waals surface area contributed by atoms with Crippen molar-refractivity contribution < 1.29 is 17.9 Å². The molecule has 0 aliphatic carbocycles. The molecule has 4 rings (SSSR count). The molecule has 0 spiro atoms. The highest BCUT2D eigenvalue weighted by Crippen LogP contribution is 2.40. The molecule has 2 N–H and O–H groups in total. The van der Waals surface area contributed by atoms with Gasteiger partial charge in [0.05, 0.1) is 0 Å². The lowest BCUT2D eigenvalue weighted by Gasteiger charge is -2.19. The summed E-state index contributed by atoms with van der Waals surface area (Å²) >= 11 is 0. The summed E-state index contributed by atoms with van der Waals surface area (Å²) in [5.74, 6) is 0.0368. The van der Waals surface area contributed by atoms with Crippen molar-refractivity contribution in [2.75, 3.05) is 5.73 Å². The van der Waals surface area contributed by atoms with Crippen molar-refractivity contribution in [3.63, 3.8) is 0 Å². The highest BCUT2D eigenvalue weighted by molar-refractivity contribution is 5.51. The van der Waals surface area contributed by atoms with Gasteiger partial charge in [0, 0.05) is 11.6 Å². The van der Waals surface area contributed by atoms with Crippen molar-refractivity contribution in [3.8, 4) is 11.5 Å². The Hall–Kier alpha value is -3.73. The van der Waals surface area contributed by atoms with Crippen molar-refractivity contribution in [3.05, 3.63) is 125 Å². The first-order valence-electron chi connectivity index (χ1n) is 9.76. The molecule has 0 bridgehead atoms. The number of ether oxygens (including phenoxy) is 1. The minimum atomic E-state index is -4.56. The Morgan fingerprint density at radius 1 is 0.645 bits per heavy atom. The van der Waals surface area contributed by atoms with Gasteiger partial charge in [-0.3, -0.25) is 0 Å². The first-order valence-corrected chi connectivity index (χ1v) is 9.76. The zero-order valence-electron chi connectivity index (χ0n) is 16.5. The molecule has 0 saturated heterocycles. The SMILES string of the molecule is Nc1ccc(Oc2ccc(C(c3ccccc3)c3ccccc3)cc2)c(C(F)(F)F)c1. The van der Waals surface area contributed by atoms with Crippen LogP contribution in [0.1, 0.15) is 28.2 Å². The maximum atomic E-state index is 13.3. The zero-order valence-corrected chi connectivity index (χ0v) is 16.5. The molecule has 4 aromatic rings. The third-order valence-electron chi connectivity index (χ3n) is 5.02. The maximum Gasteiger partial charge on any atom is 0.420 e. The Kier molecular flexibility index (Phi) is 5.67. The zero-order chi connectivity index (χ0) is 21.8. The van der Waals surface area contributed by atoms with Crippen LogP contribution in [0.5, 0.6) is 11.5 Å². The lowest BCUT2D eigenvalue weighted by atomic mass is 9.85. The number of hydrogen-bond acceptors (Lipinski definition) is 2. The molecule has 0 saturated carbocycles. The van der Waals surface area contributed by atoms with E-state index >= 15 is 0 Å². The van der Waals surface area contributed by atoms with Gasteiger partial charge in [0.25, 0.3) is 0 Å². The van der Waals surface area contributed by atoms with Gasteiger partial charge in [0.15, 0.2) is 0 Å². The molecule has 0 aliphatic rings. The second-order valence-electron chi connectivity index (χ2n) is 7.18. The summed E-state index contributed by atoms with van der Waals surface area (Å²) in [5, 5.41) is 0. The van der Waals surface area contributed by atoms with E-state index in [0.717, 1.165) is 22.8 Å². The van der Waals surface area contributed by atoms with Crippen LogP contribution in [-0.4, -0.2) is 0 Å². The van der Waals surface area contributed by atoms with Gasteiger partial charge < -0.3 is 10.5 Å². The number of rotatable bonds is 5. The van der Waals surface area contributed by atoms with Gasteiger partial charge in [-0.15, -0.1) is 0 Å². The highest BCUT2D eigenvalue weighted by Gasteiger charge is 2.34. The molecule has 0 aromatic heterocycles. The summed E-state index contributed by atoms with van der Waals surface area (Å²) in [7, 11) is 0. The number of benzene rings is 4. The minimum absolute atomic E-state index is 0.00119. The molecule has 4 aromatic carbocycles. The average molecular weight is 419 g/mol. The first kappa shape index (κ1) is 20.5. The molecule has 0 atom stereocenters. The van der Waals surface area contributed by atoms with Crippen LogP contribution in [0.3, 0.4) is 0 Å². The molecule has 156 valence electrons. The third-order valence-corrected chi connectivity index (χ3v) is 5.02. The second kappa shape index (κ2) is 8.56. The van der Waals surface area contributed by atoms with Gasteiger partial charge in [0.1, 0.15) is 17.1 Å². The third kappa shape index (κ3) is 4.72. The normalized spacial score (nSPS) is 11.5. The van der Waals surface area contributed by atoms with Crippen molar-refractivity contribution in [2.45, 2.75) is 12.1 Å². The number of hydrogen-bond donors (Lipinski definition) is 1. The number of nitrogens with two attached hydrogens (primary N) is 1. The van der Waals surface area contributed by atoms with Crippen LogP contribution in [-0.2, 0) is 6.18 Å². The van der Waals surface area contributed by atoms with Gasteiger partial charge in [-0.1, -0.05) is 72.8 Å². The summed E-state index contributed by atoms with van der Waals surface area (Å²) in [5.41, 5.74) is 7.92. The van der Waals surface area contributed by atoms with Crippen molar-refractivity contribution in [1.29, 1.82) is 0 Å². The fourth-order valence-electron chi connectivity index (χ4n) is 3.58. The van der Waals surface area contributed by atoms with Gasteiger partial charge in [-0.25, -0.2) is 0 Å².